The molecule has 0 aliphatic carbocycles. The van der Waals surface area contributed by atoms with Crippen LogP contribution in [0.4, 0.5) is 5.95 Å². The van der Waals surface area contributed by atoms with E-state index in [0.717, 1.165) is 35.2 Å². The Morgan fingerprint density at radius 3 is 2.32 bits per heavy atom. The van der Waals surface area contributed by atoms with Crippen molar-refractivity contribution in [1.29, 1.82) is 0 Å². The minimum Gasteiger partial charge on any atom is -0.338 e. The van der Waals surface area contributed by atoms with E-state index in [1.165, 1.54) is 11.8 Å². The van der Waals surface area contributed by atoms with E-state index >= 15 is 0 Å². The first kappa shape index (κ1) is 22.0. The van der Waals surface area contributed by atoms with Crippen LogP contribution in [0.1, 0.15) is 5.56 Å². The minimum atomic E-state index is 0.0957. The SMILES string of the molecule is O=C(CSc1nnc(-c2ccncc2)n1Cc1ccccc1)N1CCN(c2ncccn2)CC1. The highest BCUT2D eigenvalue weighted by molar-refractivity contribution is 7.99. The van der Waals surface area contributed by atoms with Gasteiger partial charge in [0.15, 0.2) is 11.0 Å². The third-order valence-corrected chi connectivity index (χ3v) is 6.58. The lowest BCUT2D eigenvalue weighted by atomic mass is 10.2. The molecule has 0 radical (unpaired) electrons. The summed E-state index contributed by atoms with van der Waals surface area (Å²) >= 11 is 1.42. The molecule has 4 aromatic rings. The van der Waals surface area contributed by atoms with Gasteiger partial charge in [-0.25, -0.2) is 9.97 Å². The number of aromatic nitrogens is 6. The van der Waals surface area contributed by atoms with Crippen LogP contribution < -0.4 is 4.90 Å². The molecule has 172 valence electrons. The second kappa shape index (κ2) is 10.4. The molecule has 1 aliphatic heterocycles. The Kier molecular flexibility index (Phi) is 6.76. The normalized spacial score (nSPS) is 13.8. The average molecular weight is 473 g/mol. The number of anilines is 1. The predicted molar refractivity (Wildman–Crippen MR) is 130 cm³/mol. The van der Waals surface area contributed by atoms with Crippen LogP contribution in [0.25, 0.3) is 11.4 Å². The molecular weight excluding hydrogens is 448 g/mol. The maximum absolute atomic E-state index is 13.0. The molecule has 3 aromatic heterocycles. The van der Waals surface area contributed by atoms with Gasteiger partial charge in [0.25, 0.3) is 0 Å². The Morgan fingerprint density at radius 1 is 0.853 bits per heavy atom. The van der Waals surface area contributed by atoms with E-state index in [4.69, 9.17) is 0 Å². The number of rotatable bonds is 7. The number of nitrogens with zero attached hydrogens (tertiary/aromatic N) is 8. The van der Waals surface area contributed by atoms with E-state index < -0.39 is 0 Å². The first-order chi connectivity index (χ1) is 16.8. The highest BCUT2D eigenvalue weighted by atomic mass is 32.2. The molecular formula is C24H24N8OS. The third kappa shape index (κ3) is 5.07. The predicted octanol–water partition coefficient (Wildman–Crippen LogP) is 2.62. The Labute approximate surface area is 201 Å². The summed E-state index contributed by atoms with van der Waals surface area (Å²) in [4.78, 5) is 29.7. The van der Waals surface area contributed by atoms with Crippen LogP contribution >= 0.6 is 11.8 Å². The fourth-order valence-electron chi connectivity index (χ4n) is 3.85. The summed E-state index contributed by atoms with van der Waals surface area (Å²) in [6.07, 6.45) is 6.96. The molecule has 1 fully saturated rings. The monoisotopic (exact) mass is 472 g/mol. The zero-order valence-corrected chi connectivity index (χ0v) is 19.4. The van der Waals surface area contributed by atoms with Gasteiger partial charge in [0.2, 0.25) is 11.9 Å². The summed E-state index contributed by atoms with van der Waals surface area (Å²) in [5.41, 5.74) is 2.08. The molecule has 0 atom stereocenters. The largest absolute Gasteiger partial charge is 0.338 e. The summed E-state index contributed by atoms with van der Waals surface area (Å²) in [6.45, 7) is 3.36. The van der Waals surface area contributed by atoms with Crippen LogP contribution in [0.15, 0.2) is 78.5 Å². The molecule has 1 aliphatic rings. The molecule has 0 bridgehead atoms. The van der Waals surface area contributed by atoms with Gasteiger partial charge >= 0.3 is 0 Å². The van der Waals surface area contributed by atoms with Crippen LogP contribution in [-0.4, -0.2) is 72.5 Å². The lowest BCUT2D eigenvalue weighted by Gasteiger charge is -2.34. The Balaban J connectivity index is 1.26. The average Bonchev–Trinajstić information content (AvgIpc) is 3.31. The van der Waals surface area contributed by atoms with Crippen LogP contribution in [0.5, 0.6) is 0 Å². The lowest BCUT2D eigenvalue weighted by Crippen LogP contribution is -2.49. The first-order valence-corrected chi connectivity index (χ1v) is 12.1. The maximum Gasteiger partial charge on any atom is 0.233 e. The molecule has 9 nitrogen and oxygen atoms in total. The molecule has 0 saturated carbocycles. The van der Waals surface area contributed by atoms with Gasteiger partial charge in [0, 0.05) is 56.5 Å². The maximum atomic E-state index is 13.0. The lowest BCUT2D eigenvalue weighted by molar-refractivity contribution is -0.128. The molecule has 0 unspecified atom stereocenters. The fraction of sp³-hybridized carbons (Fsp3) is 0.250. The van der Waals surface area contributed by atoms with E-state index in [9.17, 15) is 4.79 Å². The van der Waals surface area contributed by atoms with Gasteiger partial charge in [0.1, 0.15) is 0 Å². The second-order valence-corrected chi connectivity index (χ2v) is 8.76. The van der Waals surface area contributed by atoms with Crippen molar-refractivity contribution in [2.45, 2.75) is 11.7 Å². The Morgan fingerprint density at radius 2 is 1.59 bits per heavy atom. The van der Waals surface area contributed by atoms with Crippen molar-refractivity contribution < 1.29 is 4.79 Å². The smallest absolute Gasteiger partial charge is 0.233 e. The van der Waals surface area contributed by atoms with Crippen molar-refractivity contribution in [3.63, 3.8) is 0 Å². The first-order valence-electron chi connectivity index (χ1n) is 11.1. The molecule has 0 N–H and O–H groups in total. The standard InChI is InChI=1S/C24H24N8OS/c33-21(30-13-15-31(16-14-30)23-26-9-4-10-27-23)18-34-24-29-28-22(20-7-11-25-12-8-20)32(24)17-19-5-2-1-3-6-19/h1-12H,13-18H2. The van der Waals surface area contributed by atoms with Crippen LogP contribution in [-0.2, 0) is 11.3 Å². The number of pyridine rings is 1. The summed E-state index contributed by atoms with van der Waals surface area (Å²) in [5, 5.41) is 9.58. The fourth-order valence-corrected chi connectivity index (χ4v) is 4.69. The molecule has 0 spiro atoms. The molecule has 1 aromatic carbocycles. The van der Waals surface area contributed by atoms with E-state index in [1.54, 1.807) is 30.9 Å². The summed E-state index contributed by atoms with van der Waals surface area (Å²) in [5.74, 6) is 1.88. The van der Waals surface area contributed by atoms with Gasteiger partial charge in [-0.2, -0.15) is 0 Å². The van der Waals surface area contributed by atoms with Crippen LogP contribution in [0.2, 0.25) is 0 Å². The third-order valence-electron chi connectivity index (χ3n) is 5.63. The molecule has 1 saturated heterocycles. The number of amides is 1. The number of hydrogen-bond acceptors (Lipinski definition) is 8. The molecule has 1 amide bonds. The number of benzene rings is 1. The Bertz CT molecular complexity index is 1210. The van der Waals surface area contributed by atoms with E-state index in [2.05, 4.69) is 46.7 Å². The quantitative estimate of drug-likeness (QED) is 0.379. The molecule has 10 heteroatoms. The Hall–Kier alpha value is -3.79. The summed E-state index contributed by atoms with van der Waals surface area (Å²) in [7, 11) is 0. The highest BCUT2D eigenvalue weighted by Gasteiger charge is 2.23. The van der Waals surface area contributed by atoms with Gasteiger partial charge in [-0.3, -0.25) is 14.3 Å². The van der Waals surface area contributed by atoms with Crippen LogP contribution in [0.3, 0.4) is 0 Å². The summed E-state index contributed by atoms with van der Waals surface area (Å²) < 4.78 is 2.06. The summed E-state index contributed by atoms with van der Waals surface area (Å²) in [6, 6.07) is 15.8. The van der Waals surface area contributed by atoms with Crippen LogP contribution in [0, 0.1) is 0 Å². The van der Waals surface area contributed by atoms with E-state index in [0.29, 0.717) is 31.3 Å². The number of hydrogen-bond donors (Lipinski definition) is 0. The van der Waals surface area contributed by atoms with Crippen molar-refractivity contribution in [3.05, 3.63) is 78.9 Å². The number of piperazine rings is 1. The van der Waals surface area contributed by atoms with Gasteiger partial charge in [-0.1, -0.05) is 42.1 Å². The zero-order chi connectivity index (χ0) is 23.2. The van der Waals surface area contributed by atoms with Crippen molar-refractivity contribution in [1.82, 2.24) is 34.6 Å². The number of carbonyl (C=O) groups excluding carboxylic acids is 1. The topological polar surface area (TPSA) is 92.9 Å². The van der Waals surface area contributed by atoms with Gasteiger partial charge in [-0.05, 0) is 23.8 Å². The van der Waals surface area contributed by atoms with Gasteiger partial charge in [0.05, 0.1) is 12.3 Å². The van der Waals surface area contributed by atoms with Crippen molar-refractivity contribution in [3.8, 4) is 11.4 Å². The molecule has 34 heavy (non-hydrogen) atoms. The zero-order valence-electron chi connectivity index (χ0n) is 18.6. The van der Waals surface area contributed by atoms with E-state index in [-0.39, 0.29) is 5.91 Å². The van der Waals surface area contributed by atoms with Gasteiger partial charge in [-0.15, -0.1) is 10.2 Å². The molecule has 5 rings (SSSR count). The van der Waals surface area contributed by atoms with Crippen molar-refractivity contribution in [2.24, 2.45) is 0 Å². The minimum absolute atomic E-state index is 0.0957. The second-order valence-electron chi connectivity index (χ2n) is 7.82. The van der Waals surface area contributed by atoms with Crippen molar-refractivity contribution in [2.75, 3.05) is 36.8 Å². The molecule has 4 heterocycles. The number of thioether (sulfide) groups is 1. The number of carbonyl (C=O) groups is 1. The van der Waals surface area contributed by atoms with Crippen molar-refractivity contribution >= 4 is 23.6 Å². The highest BCUT2D eigenvalue weighted by Crippen LogP contribution is 2.25. The van der Waals surface area contributed by atoms with Gasteiger partial charge < -0.3 is 9.80 Å². The van der Waals surface area contributed by atoms with E-state index in [1.807, 2.05) is 35.2 Å².